The van der Waals surface area contributed by atoms with Gasteiger partial charge in [0.05, 0.1) is 21.7 Å². The Balaban J connectivity index is 2.55. The predicted octanol–water partition coefficient (Wildman–Crippen LogP) is 2.19. The second-order valence-electron chi connectivity index (χ2n) is 3.25. The Labute approximate surface area is 99.7 Å². The summed E-state index contributed by atoms with van der Waals surface area (Å²) in [6.45, 7) is 0.151. The highest BCUT2D eigenvalue weighted by Crippen LogP contribution is 2.25. The van der Waals surface area contributed by atoms with E-state index in [1.165, 1.54) is 4.57 Å². The molecule has 0 aliphatic heterocycles. The molecule has 1 aromatic heterocycles. The summed E-state index contributed by atoms with van der Waals surface area (Å²) >= 11 is 7.06. The van der Waals surface area contributed by atoms with Gasteiger partial charge >= 0.3 is 10.8 Å². The van der Waals surface area contributed by atoms with E-state index < -0.39 is 5.97 Å². The quantitative estimate of drug-likeness (QED) is 0.917. The predicted molar refractivity (Wildman–Crippen MR) is 63.3 cm³/mol. The summed E-state index contributed by atoms with van der Waals surface area (Å²) in [6.07, 6.45) is -0.0863. The van der Waals surface area contributed by atoms with Gasteiger partial charge in [0.1, 0.15) is 0 Å². The average molecular weight is 258 g/mol. The highest BCUT2D eigenvalue weighted by molar-refractivity contribution is 7.16. The number of rotatable bonds is 3. The van der Waals surface area contributed by atoms with Gasteiger partial charge in [-0.25, -0.2) is 0 Å². The largest absolute Gasteiger partial charge is 0.481 e. The molecule has 0 radical (unpaired) electrons. The number of aryl methyl sites for hydroxylation is 1. The molecule has 1 aromatic carbocycles. The summed E-state index contributed by atoms with van der Waals surface area (Å²) in [5.74, 6) is -0.932. The number of carboxylic acid groups (broad SMARTS) is 1. The van der Waals surface area contributed by atoms with Gasteiger partial charge in [0.25, 0.3) is 0 Å². The summed E-state index contributed by atoms with van der Waals surface area (Å²) < 4.78 is 2.19. The van der Waals surface area contributed by atoms with Crippen LogP contribution in [0.2, 0.25) is 5.02 Å². The van der Waals surface area contributed by atoms with Crippen molar-refractivity contribution < 1.29 is 9.90 Å². The second-order valence-corrected chi connectivity index (χ2v) is 4.65. The molecular weight excluding hydrogens is 250 g/mol. The normalized spacial score (nSPS) is 10.8. The minimum absolute atomic E-state index is 0.0863. The third kappa shape index (κ3) is 1.96. The van der Waals surface area contributed by atoms with E-state index in [9.17, 15) is 9.59 Å². The Kier molecular flexibility index (Phi) is 2.98. The van der Waals surface area contributed by atoms with Gasteiger partial charge in [-0.05, 0) is 12.1 Å². The Morgan fingerprint density at radius 3 is 2.94 bits per heavy atom. The number of halogens is 1. The van der Waals surface area contributed by atoms with Crippen molar-refractivity contribution in [3.8, 4) is 0 Å². The lowest BCUT2D eigenvalue weighted by atomic mass is 10.3. The smallest absolute Gasteiger partial charge is 0.308 e. The Morgan fingerprint density at radius 2 is 2.25 bits per heavy atom. The first-order valence-corrected chi connectivity index (χ1v) is 5.78. The van der Waals surface area contributed by atoms with Gasteiger partial charge < -0.3 is 5.11 Å². The minimum atomic E-state index is -0.932. The molecule has 0 unspecified atom stereocenters. The fourth-order valence-electron chi connectivity index (χ4n) is 1.49. The van der Waals surface area contributed by atoms with Crippen LogP contribution in [0.4, 0.5) is 0 Å². The molecule has 0 spiro atoms. The van der Waals surface area contributed by atoms with Crippen molar-refractivity contribution in [3.05, 3.63) is 32.9 Å². The zero-order valence-corrected chi connectivity index (χ0v) is 9.72. The van der Waals surface area contributed by atoms with Crippen LogP contribution in [0.3, 0.4) is 0 Å². The molecule has 0 amide bonds. The van der Waals surface area contributed by atoms with E-state index >= 15 is 0 Å². The number of hydrogen-bond acceptors (Lipinski definition) is 3. The van der Waals surface area contributed by atoms with Crippen LogP contribution in [0.15, 0.2) is 23.0 Å². The van der Waals surface area contributed by atoms with Gasteiger partial charge in [0.2, 0.25) is 0 Å². The number of aliphatic carboxylic acids is 1. The number of carbonyl (C=O) groups is 1. The number of thiazole rings is 1. The number of nitrogens with zero attached hydrogens (tertiary/aromatic N) is 1. The van der Waals surface area contributed by atoms with Crippen molar-refractivity contribution in [1.29, 1.82) is 0 Å². The van der Waals surface area contributed by atoms with Crippen molar-refractivity contribution in [1.82, 2.24) is 4.57 Å². The lowest BCUT2D eigenvalue weighted by Crippen LogP contribution is -2.15. The molecule has 0 fully saturated rings. The fourth-order valence-corrected chi connectivity index (χ4v) is 2.77. The van der Waals surface area contributed by atoms with Gasteiger partial charge in [-0.2, -0.15) is 0 Å². The Morgan fingerprint density at radius 1 is 1.50 bits per heavy atom. The van der Waals surface area contributed by atoms with Crippen molar-refractivity contribution in [2.45, 2.75) is 13.0 Å². The molecular formula is C10H8ClNO3S. The molecule has 6 heteroatoms. The molecule has 0 bridgehead atoms. The standard InChI is InChI=1S/C10H8ClNO3S/c11-6-2-1-3-7-9(6)12(10(15)16-7)5-4-8(13)14/h1-3H,4-5H2,(H,13,14). The van der Waals surface area contributed by atoms with E-state index in [4.69, 9.17) is 16.7 Å². The average Bonchev–Trinajstić information content (AvgIpc) is 2.52. The van der Waals surface area contributed by atoms with Gasteiger partial charge in [0.15, 0.2) is 0 Å². The van der Waals surface area contributed by atoms with E-state index in [1.807, 2.05) is 0 Å². The highest BCUT2D eigenvalue weighted by Gasteiger charge is 2.11. The van der Waals surface area contributed by atoms with Gasteiger partial charge in [0, 0.05) is 6.54 Å². The zero-order valence-electron chi connectivity index (χ0n) is 8.14. The maximum atomic E-state index is 11.6. The van der Waals surface area contributed by atoms with E-state index in [2.05, 4.69) is 0 Å². The minimum Gasteiger partial charge on any atom is -0.481 e. The van der Waals surface area contributed by atoms with Crippen LogP contribution in [0.5, 0.6) is 0 Å². The van der Waals surface area contributed by atoms with Crippen LogP contribution < -0.4 is 4.87 Å². The van der Waals surface area contributed by atoms with Gasteiger partial charge in [-0.15, -0.1) is 0 Å². The number of fused-ring (bicyclic) bond motifs is 1. The number of carboxylic acids is 1. The number of hydrogen-bond donors (Lipinski definition) is 1. The molecule has 0 saturated carbocycles. The summed E-state index contributed by atoms with van der Waals surface area (Å²) in [5, 5.41) is 9.07. The van der Waals surface area contributed by atoms with Crippen molar-refractivity contribution in [2.75, 3.05) is 0 Å². The van der Waals surface area contributed by atoms with E-state index in [1.54, 1.807) is 18.2 Å². The van der Waals surface area contributed by atoms with Crippen LogP contribution >= 0.6 is 22.9 Å². The van der Waals surface area contributed by atoms with Gasteiger partial charge in [-0.1, -0.05) is 29.0 Å². The van der Waals surface area contributed by atoms with Crippen molar-refractivity contribution in [2.24, 2.45) is 0 Å². The maximum Gasteiger partial charge on any atom is 0.308 e. The molecule has 0 atom stereocenters. The number of aromatic nitrogens is 1. The van der Waals surface area contributed by atoms with Gasteiger partial charge in [-0.3, -0.25) is 14.2 Å². The summed E-state index contributed by atoms with van der Waals surface area (Å²) in [7, 11) is 0. The molecule has 16 heavy (non-hydrogen) atoms. The van der Waals surface area contributed by atoms with Crippen LogP contribution in [0.25, 0.3) is 10.2 Å². The van der Waals surface area contributed by atoms with Crippen LogP contribution in [0.1, 0.15) is 6.42 Å². The Bertz CT molecular complexity index is 602. The molecule has 0 saturated heterocycles. The van der Waals surface area contributed by atoms with Crippen LogP contribution in [-0.2, 0) is 11.3 Å². The molecule has 4 nitrogen and oxygen atoms in total. The molecule has 1 heterocycles. The molecule has 2 rings (SSSR count). The summed E-state index contributed by atoms with van der Waals surface area (Å²) in [5.41, 5.74) is 0.625. The lowest BCUT2D eigenvalue weighted by molar-refractivity contribution is -0.137. The first kappa shape index (κ1) is 11.2. The maximum absolute atomic E-state index is 11.6. The topological polar surface area (TPSA) is 59.3 Å². The van der Waals surface area contributed by atoms with E-state index in [0.29, 0.717) is 10.5 Å². The monoisotopic (exact) mass is 257 g/mol. The second kappa shape index (κ2) is 4.27. The molecule has 1 N–H and O–H groups in total. The third-order valence-electron chi connectivity index (χ3n) is 2.19. The summed E-state index contributed by atoms with van der Waals surface area (Å²) in [6, 6.07) is 5.25. The SMILES string of the molecule is O=C(O)CCn1c(=O)sc2cccc(Cl)c21. The third-order valence-corrected chi connectivity index (χ3v) is 3.44. The highest BCUT2D eigenvalue weighted by atomic mass is 35.5. The van der Waals surface area contributed by atoms with E-state index in [0.717, 1.165) is 16.0 Å². The van der Waals surface area contributed by atoms with Crippen molar-refractivity contribution >= 4 is 39.1 Å². The molecule has 0 aliphatic rings. The van der Waals surface area contributed by atoms with Crippen LogP contribution in [-0.4, -0.2) is 15.6 Å². The van der Waals surface area contributed by atoms with Crippen molar-refractivity contribution in [3.63, 3.8) is 0 Å². The van der Waals surface area contributed by atoms with Crippen LogP contribution in [0, 0.1) is 0 Å². The Hall–Kier alpha value is -1.33. The molecule has 2 aromatic rings. The number of para-hydroxylation sites is 1. The zero-order chi connectivity index (χ0) is 11.7. The summed E-state index contributed by atoms with van der Waals surface area (Å²) in [4.78, 5) is 21.9. The number of benzene rings is 1. The fraction of sp³-hybridized carbons (Fsp3) is 0.200. The lowest BCUT2D eigenvalue weighted by Gasteiger charge is -2.02. The first-order chi connectivity index (χ1) is 7.59. The molecule has 84 valence electrons. The first-order valence-electron chi connectivity index (χ1n) is 4.59. The molecule has 0 aliphatic carbocycles. The van der Waals surface area contributed by atoms with E-state index in [-0.39, 0.29) is 17.8 Å².